The molecule has 1 aromatic heterocycles. The van der Waals surface area contributed by atoms with E-state index in [-0.39, 0.29) is 6.10 Å². The fraction of sp³-hybridized carbons (Fsp3) is 0.320. The number of methoxy groups -OCH3 is 1. The number of ether oxygens (including phenoxy) is 2. The van der Waals surface area contributed by atoms with Crippen LogP contribution in [0.2, 0.25) is 0 Å². The summed E-state index contributed by atoms with van der Waals surface area (Å²) in [5.41, 5.74) is 4.79. The standard InChI is InChI=1S/C25H26N4O5S/c1-15(2)34-23-10-7-16(11-17(23)12-26)25-27-13-22(28-25)20-6-4-5-19-18(20)8-9-21(19)29-35(31,32)14-24(30)33-3/h4-7,10-11,13,15,21,29H,8-9,14H2,1-3H3,(H,27,28)/t21-/m1/s1. The maximum absolute atomic E-state index is 12.4. The highest BCUT2D eigenvalue weighted by molar-refractivity contribution is 7.90. The molecule has 4 rings (SSSR count). The molecule has 2 aromatic carbocycles. The first-order chi connectivity index (χ1) is 16.7. The van der Waals surface area contributed by atoms with Gasteiger partial charge in [0.15, 0.2) is 5.75 Å². The highest BCUT2D eigenvalue weighted by Crippen LogP contribution is 2.38. The molecule has 0 spiro atoms. The fourth-order valence-electron chi connectivity index (χ4n) is 4.23. The van der Waals surface area contributed by atoms with Gasteiger partial charge >= 0.3 is 5.97 Å². The fourth-order valence-corrected chi connectivity index (χ4v) is 5.42. The second-order valence-electron chi connectivity index (χ2n) is 8.55. The Kier molecular flexibility index (Phi) is 6.91. The summed E-state index contributed by atoms with van der Waals surface area (Å²) in [5, 5.41) is 9.52. The Morgan fingerprint density at radius 2 is 2.11 bits per heavy atom. The maximum atomic E-state index is 12.4. The number of carbonyl (C=O) groups excluding carboxylic acids is 1. The van der Waals surface area contributed by atoms with Crippen LogP contribution >= 0.6 is 0 Å². The Bertz CT molecular complexity index is 1410. The minimum Gasteiger partial charge on any atom is -0.490 e. The molecule has 0 unspecified atom stereocenters. The molecule has 0 radical (unpaired) electrons. The molecule has 0 bridgehead atoms. The lowest BCUT2D eigenvalue weighted by molar-refractivity contribution is -0.137. The van der Waals surface area contributed by atoms with Crippen molar-refractivity contribution in [1.82, 2.24) is 14.7 Å². The van der Waals surface area contributed by atoms with Crippen molar-refractivity contribution in [3.05, 3.63) is 59.3 Å². The number of benzene rings is 2. The molecule has 1 atom stereocenters. The van der Waals surface area contributed by atoms with E-state index < -0.39 is 27.8 Å². The van der Waals surface area contributed by atoms with Crippen LogP contribution in [0.1, 0.15) is 43.0 Å². The van der Waals surface area contributed by atoms with Crippen molar-refractivity contribution in [2.45, 2.75) is 38.8 Å². The summed E-state index contributed by atoms with van der Waals surface area (Å²) in [4.78, 5) is 19.3. The summed E-state index contributed by atoms with van der Waals surface area (Å²) < 4.78 is 37.5. The third kappa shape index (κ3) is 5.37. The molecule has 3 aromatic rings. The molecule has 0 fully saturated rings. The number of hydrogen-bond acceptors (Lipinski definition) is 7. The van der Waals surface area contributed by atoms with Crippen molar-refractivity contribution in [1.29, 1.82) is 5.26 Å². The van der Waals surface area contributed by atoms with Gasteiger partial charge in [0.25, 0.3) is 0 Å². The van der Waals surface area contributed by atoms with Gasteiger partial charge in [0, 0.05) is 17.2 Å². The topological polar surface area (TPSA) is 134 Å². The number of carbonyl (C=O) groups is 1. The van der Waals surface area contributed by atoms with E-state index >= 15 is 0 Å². The van der Waals surface area contributed by atoms with Gasteiger partial charge in [-0.3, -0.25) is 4.79 Å². The third-order valence-electron chi connectivity index (χ3n) is 5.73. The zero-order valence-electron chi connectivity index (χ0n) is 19.7. The Morgan fingerprint density at radius 1 is 1.31 bits per heavy atom. The summed E-state index contributed by atoms with van der Waals surface area (Å²) in [5.74, 6) is -0.388. The van der Waals surface area contributed by atoms with Crippen molar-refractivity contribution >= 4 is 16.0 Å². The van der Waals surface area contributed by atoms with E-state index in [0.29, 0.717) is 30.0 Å². The number of hydrogen-bond donors (Lipinski definition) is 2. The van der Waals surface area contributed by atoms with Crippen molar-refractivity contribution in [2.75, 3.05) is 12.9 Å². The monoisotopic (exact) mass is 494 g/mol. The lowest BCUT2D eigenvalue weighted by Gasteiger charge is -2.14. The molecule has 0 saturated heterocycles. The minimum absolute atomic E-state index is 0.0443. The number of H-pyrrole nitrogens is 1. The Balaban J connectivity index is 1.60. The lowest BCUT2D eigenvalue weighted by Crippen LogP contribution is -2.33. The lowest BCUT2D eigenvalue weighted by atomic mass is 10.0. The number of imidazole rings is 1. The van der Waals surface area contributed by atoms with Crippen molar-refractivity contribution in [3.63, 3.8) is 0 Å². The largest absolute Gasteiger partial charge is 0.490 e. The van der Waals surface area contributed by atoms with Crippen molar-refractivity contribution in [2.24, 2.45) is 0 Å². The van der Waals surface area contributed by atoms with Crippen LogP contribution in [0.3, 0.4) is 0 Å². The number of aromatic amines is 1. The average Bonchev–Trinajstić information content (AvgIpc) is 3.46. The second-order valence-corrected chi connectivity index (χ2v) is 10.3. The third-order valence-corrected chi connectivity index (χ3v) is 6.99. The summed E-state index contributed by atoms with van der Waals surface area (Å²) >= 11 is 0. The number of nitriles is 1. The summed E-state index contributed by atoms with van der Waals surface area (Å²) in [7, 11) is -2.67. The van der Waals surface area contributed by atoms with E-state index in [1.165, 1.54) is 0 Å². The quantitative estimate of drug-likeness (QED) is 0.458. The molecule has 9 nitrogen and oxygen atoms in total. The molecule has 1 aliphatic rings. The van der Waals surface area contributed by atoms with Crippen molar-refractivity contribution < 1.29 is 22.7 Å². The first kappa shape index (κ1) is 24.4. The summed E-state index contributed by atoms with van der Waals surface area (Å²) in [6.07, 6.45) is 2.93. The summed E-state index contributed by atoms with van der Waals surface area (Å²) in [6.45, 7) is 3.81. The highest BCUT2D eigenvalue weighted by atomic mass is 32.2. The van der Waals surface area contributed by atoms with Gasteiger partial charge in [-0.1, -0.05) is 18.2 Å². The van der Waals surface area contributed by atoms with E-state index in [1.54, 1.807) is 18.3 Å². The van der Waals surface area contributed by atoms with Crippen LogP contribution in [0.5, 0.6) is 5.75 Å². The van der Waals surface area contributed by atoms with Gasteiger partial charge in [-0.05, 0) is 56.0 Å². The maximum Gasteiger partial charge on any atom is 0.322 e. The Labute approximate surface area is 204 Å². The number of nitrogens with zero attached hydrogens (tertiary/aromatic N) is 2. The van der Waals surface area contributed by atoms with Crippen LogP contribution in [-0.2, 0) is 26.0 Å². The zero-order valence-corrected chi connectivity index (χ0v) is 20.5. The first-order valence-corrected chi connectivity index (χ1v) is 12.8. The van der Waals surface area contributed by atoms with Gasteiger partial charge in [0.1, 0.15) is 17.6 Å². The number of esters is 1. The van der Waals surface area contributed by atoms with Gasteiger partial charge < -0.3 is 14.5 Å². The molecular weight excluding hydrogens is 468 g/mol. The minimum atomic E-state index is -3.83. The van der Waals surface area contributed by atoms with E-state index in [4.69, 9.17) is 4.74 Å². The average molecular weight is 495 g/mol. The van der Waals surface area contributed by atoms with Gasteiger partial charge in [0.2, 0.25) is 10.0 Å². The van der Waals surface area contributed by atoms with Gasteiger partial charge in [-0.25, -0.2) is 18.1 Å². The molecule has 0 amide bonds. The van der Waals surface area contributed by atoms with Crippen molar-refractivity contribution in [3.8, 4) is 34.5 Å². The first-order valence-electron chi connectivity index (χ1n) is 11.2. The highest BCUT2D eigenvalue weighted by Gasteiger charge is 2.30. The van der Waals surface area contributed by atoms with Gasteiger partial charge in [-0.15, -0.1) is 0 Å². The van der Waals surface area contributed by atoms with Crippen LogP contribution in [0.4, 0.5) is 0 Å². The van der Waals surface area contributed by atoms with E-state index in [0.717, 1.165) is 35.1 Å². The normalized spacial score (nSPS) is 15.0. The zero-order chi connectivity index (χ0) is 25.2. The van der Waals surface area contributed by atoms with E-state index in [9.17, 15) is 18.5 Å². The molecule has 0 aliphatic heterocycles. The molecule has 10 heteroatoms. The molecule has 2 N–H and O–H groups in total. The van der Waals surface area contributed by atoms with Crippen LogP contribution in [0.15, 0.2) is 42.6 Å². The molecule has 35 heavy (non-hydrogen) atoms. The molecule has 0 saturated carbocycles. The number of nitrogens with one attached hydrogen (secondary N) is 2. The van der Waals surface area contributed by atoms with E-state index in [1.807, 2.05) is 38.1 Å². The van der Waals surface area contributed by atoms with Gasteiger partial charge in [0.05, 0.1) is 30.7 Å². The molecule has 1 heterocycles. The Hall–Kier alpha value is -3.68. The SMILES string of the molecule is COC(=O)CS(=O)(=O)N[C@@H]1CCc2c(-c3cnc(-c4ccc(OC(C)C)c(C#N)c4)[nH]3)cccc21. The molecule has 182 valence electrons. The Morgan fingerprint density at radius 3 is 2.83 bits per heavy atom. The number of rotatable bonds is 8. The number of aromatic nitrogens is 2. The van der Waals surface area contributed by atoms with Crippen LogP contribution in [0, 0.1) is 11.3 Å². The second kappa shape index (κ2) is 9.90. The molecular formula is C25H26N4O5S. The smallest absolute Gasteiger partial charge is 0.322 e. The predicted octanol–water partition coefficient (Wildman–Crippen LogP) is 3.48. The number of fused-ring (bicyclic) bond motifs is 1. The molecule has 1 aliphatic carbocycles. The van der Waals surface area contributed by atoms with E-state index in [2.05, 4.69) is 25.5 Å². The van der Waals surface area contributed by atoms with Crippen LogP contribution < -0.4 is 9.46 Å². The predicted molar refractivity (Wildman–Crippen MR) is 130 cm³/mol. The number of sulfonamides is 1. The summed E-state index contributed by atoms with van der Waals surface area (Å²) in [6, 6.07) is 12.8. The van der Waals surface area contributed by atoms with Gasteiger partial charge in [-0.2, -0.15) is 5.26 Å². The van der Waals surface area contributed by atoms with Crippen LogP contribution in [0.25, 0.3) is 22.6 Å². The van der Waals surface area contributed by atoms with Crippen LogP contribution in [-0.4, -0.2) is 43.3 Å².